The highest BCUT2D eigenvalue weighted by molar-refractivity contribution is 5.79. The molecule has 0 aliphatic rings. The van der Waals surface area contributed by atoms with Gasteiger partial charge < -0.3 is 157 Å². The minimum atomic E-state index is -1.10. The second-order valence-corrected chi connectivity index (χ2v) is 36.4. The molecule has 14 N–H and O–H groups in total. The summed E-state index contributed by atoms with van der Waals surface area (Å²) in [5.74, 6) is -6.07. The quantitative estimate of drug-likeness (QED) is 0.0144. The number of ether oxygens (including phenoxy) is 15. The van der Waals surface area contributed by atoms with Crippen molar-refractivity contribution in [2.24, 2.45) is 46.4 Å². The molecular formula is C95H190N26O27. The van der Waals surface area contributed by atoms with Gasteiger partial charge >= 0.3 is 29.8 Å². The van der Waals surface area contributed by atoms with Crippen LogP contribution in [-0.2, 0) is 105 Å². The van der Waals surface area contributed by atoms with Crippen LogP contribution < -0.4 is 38.1 Å². The number of carboxylic acids is 5. The van der Waals surface area contributed by atoms with E-state index in [1.54, 1.807) is 0 Å². The Labute approximate surface area is 879 Å². The Morgan fingerprint density at radius 3 is 1.25 bits per heavy atom. The number of carbonyl (C=O) groups is 7. The number of nitrogens with two attached hydrogens (primary N) is 2. The van der Waals surface area contributed by atoms with Crippen molar-refractivity contribution < 1.29 is 130 Å². The van der Waals surface area contributed by atoms with Gasteiger partial charge in [-0.2, -0.15) is 0 Å². The number of carbonyl (C=O) groups excluding carboxylic acids is 2. The summed E-state index contributed by atoms with van der Waals surface area (Å²) in [7, 11) is 24.0. The van der Waals surface area contributed by atoms with E-state index >= 15 is 0 Å². The van der Waals surface area contributed by atoms with E-state index < -0.39 is 60.3 Å². The molecule has 0 aliphatic heterocycles. The van der Waals surface area contributed by atoms with Crippen LogP contribution in [0.15, 0.2) is 34.9 Å². The highest BCUT2D eigenvalue weighted by atomic mass is 16.7. The molecule has 5 atom stereocenters. The predicted octanol–water partition coefficient (Wildman–Crippen LogP) is -1.43. The summed E-state index contributed by atoms with van der Waals surface area (Å²) in [5.41, 5.74) is 10.8. The topological polar surface area (TPSA) is 597 Å². The number of nitrogens with one attached hydrogen (secondary N) is 5. The SMILES string of the molecule is CN(C)CCN(CCCOCN[C@@H](CCCCNCOCCCN(CCN(C)C)CCN(CC(=O)O)CC(=O)O)OCNCCCC[C@H](N=CO[C@H](CCCCN=COCCCN(CCN(C)C)CCN(CC(=O)O)CC(=O)O)N=COCC[C@@H](C(=O)O)N(CCN(C)C)CCN(C)C)OC=NCOC=NCOC=NCOC=NCCOCCOCC(=O)NCCOCCOCOCNCCCC[C@H](N)C(N)=O)CCN(C)C. The van der Waals surface area contributed by atoms with Gasteiger partial charge in [-0.15, -0.1) is 0 Å². The van der Waals surface area contributed by atoms with E-state index in [4.69, 9.17) is 82.5 Å². The first kappa shape index (κ1) is 140. The Kier molecular flexibility index (Phi) is 94.8. The third-order valence-electron chi connectivity index (χ3n) is 21.5. The summed E-state index contributed by atoms with van der Waals surface area (Å²) in [6.45, 7) is 19.0. The van der Waals surface area contributed by atoms with Gasteiger partial charge in [-0.25, -0.2) is 25.0 Å². The summed E-state index contributed by atoms with van der Waals surface area (Å²) in [6, 6.07) is -1.42. The van der Waals surface area contributed by atoms with E-state index in [9.17, 15) is 59.1 Å². The normalized spacial score (nSPS) is 13.4. The van der Waals surface area contributed by atoms with Crippen LogP contribution in [0.25, 0.3) is 0 Å². The zero-order valence-corrected chi connectivity index (χ0v) is 91.1. The number of unbranched alkanes of at least 4 members (excludes halogenated alkanes) is 4. The molecule has 53 nitrogen and oxygen atoms in total. The highest BCUT2D eigenvalue weighted by Gasteiger charge is 2.27. The van der Waals surface area contributed by atoms with Gasteiger partial charge in [-0.1, -0.05) is 6.42 Å². The zero-order chi connectivity index (χ0) is 109. The molecule has 2 amide bonds. The molecule has 0 saturated carbocycles. The molecule has 0 unspecified atom stereocenters. The fraction of sp³-hybridized carbons (Fsp3) is 0.853. The molecule has 0 rings (SSSR count). The molecule has 53 heteroatoms. The molecule has 0 bridgehead atoms. The van der Waals surface area contributed by atoms with E-state index in [-0.39, 0.29) is 111 Å². The van der Waals surface area contributed by atoms with Crippen LogP contribution in [0.3, 0.4) is 0 Å². The maximum atomic E-state index is 12.7. The minimum Gasteiger partial charge on any atom is -0.483 e. The number of rotatable bonds is 113. The van der Waals surface area contributed by atoms with Gasteiger partial charge in [0.15, 0.2) is 77.5 Å². The van der Waals surface area contributed by atoms with Crippen LogP contribution in [-0.4, -0.2) is 603 Å². The molecule has 0 aromatic carbocycles. The molecular weight excluding hydrogens is 1940 g/mol. The number of likely N-dealkylation sites (N-methyl/N-ethyl adjacent to an activating group) is 6. The number of aliphatic carboxylic acids is 5. The van der Waals surface area contributed by atoms with Crippen LogP contribution in [0.5, 0.6) is 0 Å². The van der Waals surface area contributed by atoms with Crippen LogP contribution >= 0.6 is 0 Å². The smallest absolute Gasteiger partial charge is 0.321 e. The number of nitrogens with zero attached hydrogens (tertiary/aromatic N) is 19. The van der Waals surface area contributed by atoms with Gasteiger partial charge in [0, 0.05) is 170 Å². The predicted molar refractivity (Wildman–Crippen MR) is 568 cm³/mol. The first-order valence-corrected chi connectivity index (χ1v) is 51.4. The third kappa shape index (κ3) is 98.3. The molecule has 0 spiro atoms. The molecule has 0 saturated heterocycles. The van der Waals surface area contributed by atoms with Crippen molar-refractivity contribution in [2.45, 2.75) is 134 Å². The lowest BCUT2D eigenvalue weighted by Crippen LogP contribution is -2.47. The number of aliphatic imine (C=N–C) groups is 7. The Bertz CT molecular complexity index is 3340. The molecule has 0 aromatic heterocycles. The van der Waals surface area contributed by atoms with E-state index in [1.807, 2.05) is 76.0 Å². The Hall–Kier alpha value is -8.42. The first-order valence-electron chi connectivity index (χ1n) is 51.4. The lowest BCUT2D eigenvalue weighted by Gasteiger charge is -2.30. The second kappa shape index (κ2) is 100. The molecule has 0 radical (unpaired) electrons. The maximum Gasteiger partial charge on any atom is 0.321 e. The summed E-state index contributed by atoms with van der Waals surface area (Å²) >= 11 is 0. The second-order valence-electron chi connectivity index (χ2n) is 36.4. The van der Waals surface area contributed by atoms with Crippen LogP contribution in [0.1, 0.15) is 103 Å². The third-order valence-corrected chi connectivity index (χ3v) is 21.5. The molecule has 862 valence electrons. The van der Waals surface area contributed by atoms with Gasteiger partial charge in [0.05, 0.1) is 119 Å². The number of hydrogen-bond acceptors (Lipinski definition) is 46. The van der Waals surface area contributed by atoms with E-state index in [0.717, 1.165) is 97.4 Å². The average Bonchev–Trinajstić information content (AvgIpc) is 0.887. The maximum absolute atomic E-state index is 12.7. The molecule has 0 aromatic rings. The highest BCUT2D eigenvalue weighted by Crippen LogP contribution is 2.13. The van der Waals surface area contributed by atoms with Crippen molar-refractivity contribution in [3.05, 3.63) is 0 Å². The lowest BCUT2D eigenvalue weighted by molar-refractivity contribution is -0.144. The number of carboxylic acid groups (broad SMARTS) is 5. The first-order chi connectivity index (χ1) is 71.3. The summed E-state index contributed by atoms with van der Waals surface area (Å²) in [5, 5.41) is 64.0. The van der Waals surface area contributed by atoms with Crippen molar-refractivity contribution >= 4 is 86.5 Å². The largest absolute Gasteiger partial charge is 0.483 e. The number of hydrogen-bond donors (Lipinski definition) is 12. The van der Waals surface area contributed by atoms with Crippen LogP contribution in [0.4, 0.5) is 0 Å². The fourth-order valence-electron chi connectivity index (χ4n) is 13.2. The zero-order valence-electron chi connectivity index (χ0n) is 91.1. The van der Waals surface area contributed by atoms with Crippen molar-refractivity contribution in [2.75, 3.05) is 401 Å². The van der Waals surface area contributed by atoms with Crippen LogP contribution in [0.2, 0.25) is 0 Å². The number of primary amides is 1. The molecule has 148 heavy (non-hydrogen) atoms. The number of amides is 2. The van der Waals surface area contributed by atoms with Crippen LogP contribution in [0, 0.1) is 0 Å². The van der Waals surface area contributed by atoms with E-state index in [1.165, 1.54) is 54.6 Å². The Morgan fingerprint density at radius 1 is 0.331 bits per heavy atom. The van der Waals surface area contributed by atoms with Gasteiger partial charge in [-0.3, -0.25) is 79.5 Å². The Morgan fingerprint density at radius 2 is 0.736 bits per heavy atom. The summed E-state index contributed by atoms with van der Waals surface area (Å²) in [6.07, 6.45) is 17.5. The standard InChI is InChI=1S/C95H190N26O27/c1-110(2)38-44-116(45-39-111(3)4)35-23-56-139-80-107-87(25-14-18-30-98-69-137-54-21-36-117(46-40-112(5)6)48-50-119(64-90(123)124)65-91(125)126)146-78-101-32-20-16-27-89(147-79-105-77-144-76-104-75-143-74-103-73-142-71-102-33-58-134-60-62-136-68-86(122)106-34-59-135-61-63-141-83-145-72-100-29-17-13-24-84(96)94(97)131)109-82-148-88(108-81-140-57-28-85(95(132)133)121(52-42-114(9)10)53-43-115(11)12)26-15-19-31-99-70-138-55-22-37-118(47-41-113(7)8)49-51-120(66-92(127)128)67-93(129)130/h70-71,74,76,79,81-82,84-85,87-89,98,100-101,107H,13-69,72-73,75,77-78,80,83,96H2,1-12H3,(H2,97,131)(H,106,122)(H,123,124)(H,125,126)(H,127,128)(H,129,130)(H,132,133)/t84-,85-,87+,88+,89+/m0/s1. The van der Waals surface area contributed by atoms with E-state index in [0.29, 0.717) is 222 Å². The molecule has 0 fully saturated rings. The Balaban J connectivity index is 6.25. The average molecular weight is 2130 g/mol. The van der Waals surface area contributed by atoms with Gasteiger partial charge in [0.1, 0.15) is 25.7 Å². The minimum absolute atomic E-state index is 0.0658. The molecule has 0 heterocycles. The van der Waals surface area contributed by atoms with E-state index in [2.05, 4.69) is 119 Å². The lowest BCUT2D eigenvalue weighted by atomic mass is 10.1. The van der Waals surface area contributed by atoms with Crippen molar-refractivity contribution in [1.29, 1.82) is 0 Å². The summed E-state index contributed by atoms with van der Waals surface area (Å²) < 4.78 is 85.6. The fourth-order valence-corrected chi connectivity index (χ4v) is 13.2. The van der Waals surface area contributed by atoms with Crippen molar-refractivity contribution in [1.82, 2.24) is 85.4 Å². The van der Waals surface area contributed by atoms with Gasteiger partial charge in [-0.05, 0) is 181 Å². The molecule has 0 aliphatic carbocycles. The van der Waals surface area contributed by atoms with Crippen molar-refractivity contribution in [3.8, 4) is 0 Å². The van der Waals surface area contributed by atoms with Gasteiger partial charge in [0.25, 0.3) is 0 Å². The monoisotopic (exact) mass is 2130 g/mol. The summed E-state index contributed by atoms with van der Waals surface area (Å²) in [4.78, 5) is 136. The van der Waals surface area contributed by atoms with Gasteiger partial charge in [0.2, 0.25) is 11.8 Å². The van der Waals surface area contributed by atoms with Crippen molar-refractivity contribution in [3.63, 3.8) is 0 Å².